The second kappa shape index (κ2) is 8.53. The maximum atomic E-state index is 12.5. The van der Waals surface area contributed by atoms with Crippen LogP contribution in [-0.4, -0.2) is 32.6 Å². The Labute approximate surface area is 154 Å². The van der Waals surface area contributed by atoms with E-state index in [4.69, 9.17) is 9.47 Å². The number of halogens is 1. The minimum Gasteiger partial charge on any atom is -0.492 e. The summed E-state index contributed by atoms with van der Waals surface area (Å²) in [6, 6.07) is 9.92. The third-order valence-corrected chi connectivity index (χ3v) is 4.00. The van der Waals surface area contributed by atoms with E-state index in [-0.39, 0.29) is 11.8 Å². The van der Waals surface area contributed by atoms with Crippen molar-refractivity contribution in [2.75, 3.05) is 26.1 Å². The van der Waals surface area contributed by atoms with Gasteiger partial charge in [0.05, 0.1) is 18.2 Å². The number of amides is 2. The lowest BCUT2D eigenvalue weighted by molar-refractivity contribution is 0.0962. The summed E-state index contributed by atoms with van der Waals surface area (Å²) in [5.74, 6) is 0.545. The largest absolute Gasteiger partial charge is 0.492 e. The lowest BCUT2D eigenvalue weighted by Gasteiger charge is -2.13. The quantitative estimate of drug-likeness (QED) is 0.769. The van der Waals surface area contributed by atoms with Gasteiger partial charge < -0.3 is 20.1 Å². The van der Waals surface area contributed by atoms with E-state index in [1.165, 1.54) is 7.11 Å². The molecule has 7 heteroatoms. The molecule has 0 radical (unpaired) electrons. The zero-order chi connectivity index (χ0) is 18.4. The minimum absolute atomic E-state index is 0.182. The molecular formula is C18H19BrN2O4. The number of ether oxygens (including phenoxy) is 2. The van der Waals surface area contributed by atoms with Crippen molar-refractivity contribution < 1.29 is 19.1 Å². The van der Waals surface area contributed by atoms with Gasteiger partial charge in [-0.15, -0.1) is 0 Å². The Morgan fingerprint density at radius 3 is 2.32 bits per heavy atom. The van der Waals surface area contributed by atoms with E-state index >= 15 is 0 Å². The fourth-order valence-corrected chi connectivity index (χ4v) is 2.82. The molecule has 0 spiro atoms. The molecule has 2 aromatic carbocycles. The predicted octanol–water partition coefficient (Wildman–Crippen LogP) is 3.47. The van der Waals surface area contributed by atoms with Crippen LogP contribution in [0.2, 0.25) is 0 Å². The Morgan fingerprint density at radius 2 is 1.76 bits per heavy atom. The summed E-state index contributed by atoms with van der Waals surface area (Å²) < 4.78 is 11.4. The first-order chi connectivity index (χ1) is 12.0. The van der Waals surface area contributed by atoms with Crippen molar-refractivity contribution in [3.05, 3.63) is 52.0 Å². The van der Waals surface area contributed by atoms with E-state index in [1.54, 1.807) is 43.4 Å². The third-order valence-electron chi connectivity index (χ3n) is 3.41. The molecule has 0 aliphatic rings. The zero-order valence-corrected chi connectivity index (χ0v) is 15.8. The molecule has 25 heavy (non-hydrogen) atoms. The molecule has 0 fully saturated rings. The van der Waals surface area contributed by atoms with Crippen molar-refractivity contribution >= 4 is 33.4 Å². The van der Waals surface area contributed by atoms with Gasteiger partial charge in [-0.25, -0.2) is 0 Å². The highest BCUT2D eigenvalue weighted by Crippen LogP contribution is 2.36. The first-order valence-electron chi connectivity index (χ1n) is 7.64. The van der Waals surface area contributed by atoms with Crippen molar-refractivity contribution in [1.82, 2.24) is 5.32 Å². The van der Waals surface area contributed by atoms with Crippen LogP contribution in [0.4, 0.5) is 5.69 Å². The molecule has 0 aliphatic carbocycles. The maximum Gasteiger partial charge on any atom is 0.255 e. The summed E-state index contributed by atoms with van der Waals surface area (Å²) in [5, 5.41) is 5.33. The van der Waals surface area contributed by atoms with Crippen LogP contribution in [0.15, 0.2) is 40.9 Å². The molecule has 2 aromatic rings. The molecule has 0 saturated heterocycles. The van der Waals surface area contributed by atoms with Crippen LogP contribution in [0, 0.1) is 0 Å². The number of benzene rings is 2. The van der Waals surface area contributed by atoms with Gasteiger partial charge in [-0.2, -0.15) is 0 Å². The van der Waals surface area contributed by atoms with E-state index < -0.39 is 0 Å². The maximum absolute atomic E-state index is 12.5. The van der Waals surface area contributed by atoms with Crippen molar-refractivity contribution in [2.45, 2.75) is 6.92 Å². The molecule has 132 valence electrons. The van der Waals surface area contributed by atoms with Crippen molar-refractivity contribution in [3.8, 4) is 11.5 Å². The molecule has 0 atom stereocenters. The smallest absolute Gasteiger partial charge is 0.255 e. The van der Waals surface area contributed by atoms with Crippen molar-refractivity contribution in [2.24, 2.45) is 0 Å². The Hall–Kier alpha value is -2.54. The molecule has 2 N–H and O–H groups in total. The van der Waals surface area contributed by atoms with Crippen LogP contribution in [-0.2, 0) is 0 Å². The number of hydrogen-bond donors (Lipinski definition) is 2. The standard InChI is InChI=1S/C18H19BrN2O4/c1-4-25-15-10-12(9-14(19)16(15)24-3)18(23)21-13-7-5-11(6-8-13)17(22)20-2/h5-10H,4H2,1-3H3,(H,20,22)(H,21,23). The SMILES string of the molecule is CCOc1cc(C(=O)Nc2ccc(C(=O)NC)cc2)cc(Br)c1OC. The summed E-state index contributed by atoms with van der Waals surface area (Å²) in [6.07, 6.45) is 0. The van der Waals surface area contributed by atoms with Crippen LogP contribution < -0.4 is 20.1 Å². The van der Waals surface area contributed by atoms with E-state index in [0.717, 1.165) is 0 Å². The molecule has 0 saturated carbocycles. The molecule has 0 aliphatic heterocycles. The molecule has 0 aromatic heterocycles. The van der Waals surface area contributed by atoms with E-state index in [0.29, 0.717) is 39.4 Å². The van der Waals surface area contributed by atoms with E-state index in [2.05, 4.69) is 26.6 Å². The van der Waals surface area contributed by atoms with E-state index in [1.807, 2.05) is 6.92 Å². The molecule has 2 amide bonds. The molecule has 6 nitrogen and oxygen atoms in total. The topological polar surface area (TPSA) is 76.7 Å². The van der Waals surface area contributed by atoms with Gasteiger partial charge in [0.1, 0.15) is 0 Å². The van der Waals surface area contributed by atoms with Gasteiger partial charge >= 0.3 is 0 Å². The van der Waals surface area contributed by atoms with Gasteiger partial charge in [0.25, 0.3) is 11.8 Å². The second-order valence-corrected chi connectivity index (χ2v) is 5.89. The Balaban J connectivity index is 2.21. The fraction of sp³-hybridized carbons (Fsp3) is 0.222. The monoisotopic (exact) mass is 406 g/mol. The van der Waals surface area contributed by atoms with Crippen LogP contribution in [0.3, 0.4) is 0 Å². The van der Waals surface area contributed by atoms with Crippen LogP contribution in [0.1, 0.15) is 27.6 Å². The number of nitrogens with one attached hydrogen (secondary N) is 2. The summed E-state index contributed by atoms with van der Waals surface area (Å²) in [6.45, 7) is 2.31. The number of rotatable bonds is 6. The molecule has 0 unspecified atom stereocenters. The highest BCUT2D eigenvalue weighted by atomic mass is 79.9. The predicted molar refractivity (Wildman–Crippen MR) is 99.6 cm³/mol. The first-order valence-corrected chi connectivity index (χ1v) is 8.43. The number of methoxy groups -OCH3 is 1. The summed E-state index contributed by atoms with van der Waals surface area (Å²) in [5.41, 5.74) is 1.53. The van der Waals surface area contributed by atoms with Gasteiger partial charge in [0.15, 0.2) is 11.5 Å². The fourth-order valence-electron chi connectivity index (χ4n) is 2.21. The van der Waals surface area contributed by atoms with Crippen molar-refractivity contribution in [3.63, 3.8) is 0 Å². The van der Waals surface area contributed by atoms with Crippen LogP contribution in [0.5, 0.6) is 11.5 Å². The number of hydrogen-bond acceptors (Lipinski definition) is 4. The van der Waals surface area contributed by atoms with Gasteiger partial charge in [-0.3, -0.25) is 9.59 Å². The van der Waals surface area contributed by atoms with Gasteiger partial charge in [0.2, 0.25) is 0 Å². The summed E-state index contributed by atoms with van der Waals surface area (Å²) in [4.78, 5) is 24.0. The van der Waals surface area contributed by atoms with Crippen molar-refractivity contribution in [1.29, 1.82) is 0 Å². The normalized spacial score (nSPS) is 10.1. The highest BCUT2D eigenvalue weighted by molar-refractivity contribution is 9.10. The number of anilines is 1. The Bertz CT molecular complexity index is 775. The highest BCUT2D eigenvalue weighted by Gasteiger charge is 2.15. The molecule has 0 heterocycles. The summed E-state index contributed by atoms with van der Waals surface area (Å²) in [7, 11) is 3.10. The number of carbonyl (C=O) groups is 2. The van der Waals surface area contributed by atoms with Gasteiger partial charge in [-0.1, -0.05) is 0 Å². The lowest BCUT2D eigenvalue weighted by atomic mass is 10.1. The number of carbonyl (C=O) groups excluding carboxylic acids is 2. The molecule has 0 bridgehead atoms. The lowest BCUT2D eigenvalue weighted by Crippen LogP contribution is -2.18. The minimum atomic E-state index is -0.294. The second-order valence-electron chi connectivity index (χ2n) is 5.03. The molecule has 2 rings (SSSR count). The van der Waals surface area contributed by atoms with Crippen LogP contribution in [0.25, 0.3) is 0 Å². The van der Waals surface area contributed by atoms with Gasteiger partial charge in [0, 0.05) is 23.9 Å². The third kappa shape index (κ3) is 4.51. The molecular weight excluding hydrogens is 388 g/mol. The Morgan fingerprint density at radius 1 is 1.08 bits per heavy atom. The van der Waals surface area contributed by atoms with Crippen LogP contribution >= 0.6 is 15.9 Å². The summed E-state index contributed by atoms with van der Waals surface area (Å²) >= 11 is 3.39. The van der Waals surface area contributed by atoms with Gasteiger partial charge in [-0.05, 0) is 59.3 Å². The first kappa shape index (κ1) is 18.8. The Kier molecular flexibility index (Phi) is 6.41. The average Bonchev–Trinajstić information content (AvgIpc) is 2.61. The van der Waals surface area contributed by atoms with E-state index in [9.17, 15) is 9.59 Å². The zero-order valence-electron chi connectivity index (χ0n) is 14.2. The average molecular weight is 407 g/mol.